The normalized spacial score (nSPS) is 19.0. The van der Waals surface area contributed by atoms with Crippen LogP contribution >= 0.6 is 0 Å². The fourth-order valence-electron chi connectivity index (χ4n) is 5.65. The lowest BCUT2D eigenvalue weighted by atomic mass is 10.1. The van der Waals surface area contributed by atoms with Gasteiger partial charge in [-0.05, 0) is 37.1 Å². The number of hydrogen-bond donors (Lipinski definition) is 2. The summed E-state index contributed by atoms with van der Waals surface area (Å²) < 4.78 is 71.2. The van der Waals surface area contributed by atoms with E-state index in [1.165, 1.54) is 36.5 Å². The van der Waals surface area contributed by atoms with E-state index in [2.05, 4.69) is 20.4 Å². The minimum absolute atomic E-state index is 0.0124. The predicted octanol–water partition coefficient (Wildman–Crippen LogP) is 6.49. The second-order valence-electron chi connectivity index (χ2n) is 10.3. The number of aromatic nitrogens is 5. The van der Waals surface area contributed by atoms with Crippen molar-refractivity contribution in [3.63, 3.8) is 0 Å². The van der Waals surface area contributed by atoms with Crippen molar-refractivity contribution < 1.29 is 27.0 Å². The Morgan fingerprint density at radius 3 is 2.57 bits per heavy atom. The standard InChI is InChI=1S/C29H24F4N6O3/c30-20-14-16(36-27-24(42-27)19-15-35-39(25(19)29(31,32)33)18-8-2-1-3-9-18)10-11-21(20)41-22-12-13-34-26-23(22)38(28(40)37-26)17-6-4-5-7-17/h1-3,8-15,17,24,27,36H,4-7H2,(H,34,37,40). The minimum Gasteiger partial charge on any atom is -0.452 e. The molecule has 2 aromatic carbocycles. The molecule has 1 aliphatic heterocycles. The zero-order valence-corrected chi connectivity index (χ0v) is 21.9. The molecule has 2 aliphatic rings. The van der Waals surface area contributed by atoms with Gasteiger partial charge >= 0.3 is 11.9 Å². The smallest absolute Gasteiger partial charge is 0.433 e. The molecule has 1 saturated heterocycles. The van der Waals surface area contributed by atoms with Crippen LogP contribution in [0.2, 0.25) is 0 Å². The van der Waals surface area contributed by atoms with Crippen LogP contribution in [0.25, 0.3) is 16.9 Å². The zero-order valence-electron chi connectivity index (χ0n) is 21.9. The molecule has 0 spiro atoms. The van der Waals surface area contributed by atoms with Gasteiger partial charge in [0.1, 0.15) is 11.6 Å². The van der Waals surface area contributed by atoms with Gasteiger partial charge in [-0.2, -0.15) is 18.3 Å². The number of fused-ring (bicyclic) bond motifs is 1. The van der Waals surface area contributed by atoms with Gasteiger partial charge in [0.25, 0.3) is 0 Å². The molecule has 1 saturated carbocycles. The van der Waals surface area contributed by atoms with E-state index < -0.39 is 30.0 Å². The molecule has 0 amide bonds. The highest BCUT2D eigenvalue weighted by Gasteiger charge is 2.49. The molecule has 2 N–H and O–H groups in total. The van der Waals surface area contributed by atoms with E-state index >= 15 is 4.39 Å². The van der Waals surface area contributed by atoms with Crippen molar-refractivity contribution in [2.24, 2.45) is 0 Å². The van der Waals surface area contributed by atoms with Crippen molar-refractivity contribution in [3.05, 3.63) is 94.5 Å². The Morgan fingerprint density at radius 1 is 1.05 bits per heavy atom. The largest absolute Gasteiger partial charge is 0.452 e. The maximum atomic E-state index is 15.2. The number of anilines is 1. The zero-order chi connectivity index (χ0) is 29.0. The van der Waals surface area contributed by atoms with E-state index in [1.54, 1.807) is 28.8 Å². The number of para-hydroxylation sites is 1. The van der Waals surface area contributed by atoms with Crippen LogP contribution in [0.4, 0.5) is 23.2 Å². The number of aromatic amines is 1. The van der Waals surface area contributed by atoms with E-state index in [0.717, 1.165) is 36.6 Å². The van der Waals surface area contributed by atoms with Crippen molar-refractivity contribution in [2.45, 2.75) is 50.2 Å². The second kappa shape index (κ2) is 10.0. The third-order valence-corrected chi connectivity index (χ3v) is 7.59. The first-order valence-corrected chi connectivity index (χ1v) is 13.5. The Kier molecular flexibility index (Phi) is 6.26. The molecule has 5 aromatic rings. The molecule has 3 aromatic heterocycles. The van der Waals surface area contributed by atoms with E-state index in [4.69, 9.17) is 9.47 Å². The topological polar surface area (TPSA) is 102 Å². The third-order valence-electron chi connectivity index (χ3n) is 7.59. The quantitative estimate of drug-likeness (QED) is 0.169. The fourth-order valence-corrected chi connectivity index (χ4v) is 5.65. The molecule has 216 valence electrons. The number of nitrogens with zero attached hydrogens (tertiary/aromatic N) is 4. The van der Waals surface area contributed by atoms with Gasteiger partial charge in [-0.25, -0.2) is 18.9 Å². The molecule has 13 heteroatoms. The summed E-state index contributed by atoms with van der Waals surface area (Å²) >= 11 is 0. The van der Waals surface area contributed by atoms with Crippen LogP contribution in [0.5, 0.6) is 11.5 Å². The van der Waals surface area contributed by atoms with E-state index in [0.29, 0.717) is 16.9 Å². The van der Waals surface area contributed by atoms with Crippen LogP contribution in [-0.4, -0.2) is 30.5 Å². The van der Waals surface area contributed by atoms with Crippen LogP contribution in [-0.2, 0) is 10.9 Å². The molecule has 7 rings (SSSR count). The lowest BCUT2D eigenvalue weighted by molar-refractivity contribution is -0.143. The summed E-state index contributed by atoms with van der Waals surface area (Å²) in [5.74, 6) is -0.512. The van der Waals surface area contributed by atoms with Crippen molar-refractivity contribution in [2.75, 3.05) is 5.32 Å². The van der Waals surface area contributed by atoms with Crippen molar-refractivity contribution in [1.29, 1.82) is 0 Å². The molecule has 1 aliphatic carbocycles. The maximum Gasteiger partial charge on any atom is 0.433 e. The Bertz CT molecular complexity index is 1820. The Hall–Kier alpha value is -4.65. The molecule has 2 atom stereocenters. The summed E-state index contributed by atoms with van der Waals surface area (Å²) in [6.45, 7) is 0. The van der Waals surface area contributed by atoms with Gasteiger partial charge in [0.15, 0.2) is 34.9 Å². The van der Waals surface area contributed by atoms with Crippen molar-refractivity contribution in [3.8, 4) is 17.2 Å². The average Bonchev–Trinajstić information content (AvgIpc) is 3.32. The fraction of sp³-hybridized carbons (Fsp3) is 0.276. The molecule has 42 heavy (non-hydrogen) atoms. The van der Waals surface area contributed by atoms with Gasteiger partial charge in [0, 0.05) is 35.6 Å². The number of rotatable bonds is 7. The monoisotopic (exact) mass is 580 g/mol. The number of H-pyrrole nitrogens is 1. The number of nitrogens with one attached hydrogen (secondary N) is 2. The van der Waals surface area contributed by atoms with Crippen LogP contribution in [0.1, 0.15) is 49.1 Å². The summed E-state index contributed by atoms with van der Waals surface area (Å²) in [4.78, 5) is 19.7. The van der Waals surface area contributed by atoms with Crippen molar-refractivity contribution >= 4 is 16.9 Å². The van der Waals surface area contributed by atoms with Gasteiger partial charge in [-0.15, -0.1) is 0 Å². The Morgan fingerprint density at radius 2 is 1.83 bits per heavy atom. The average molecular weight is 581 g/mol. The minimum atomic E-state index is -4.68. The molecule has 4 heterocycles. The molecule has 9 nitrogen and oxygen atoms in total. The number of imidazole rings is 1. The lowest BCUT2D eigenvalue weighted by Gasteiger charge is -2.14. The number of halogens is 4. The summed E-state index contributed by atoms with van der Waals surface area (Å²) in [6.07, 6.45) is -0.0557. The van der Waals surface area contributed by atoms with Gasteiger partial charge in [-0.1, -0.05) is 31.0 Å². The Labute approximate surface area is 235 Å². The second-order valence-corrected chi connectivity index (χ2v) is 10.3. The first kappa shape index (κ1) is 26.3. The summed E-state index contributed by atoms with van der Waals surface area (Å²) in [7, 11) is 0. The maximum absolute atomic E-state index is 15.2. The van der Waals surface area contributed by atoms with Gasteiger partial charge < -0.3 is 14.8 Å². The number of hydrogen-bond acceptors (Lipinski definition) is 6. The number of alkyl halides is 3. The van der Waals surface area contributed by atoms with Crippen LogP contribution in [0.15, 0.2) is 71.8 Å². The van der Waals surface area contributed by atoms with E-state index in [-0.39, 0.29) is 34.5 Å². The first-order chi connectivity index (χ1) is 20.3. The molecule has 0 bridgehead atoms. The first-order valence-electron chi connectivity index (χ1n) is 13.5. The molecular formula is C29H24F4N6O3. The van der Waals surface area contributed by atoms with Crippen LogP contribution < -0.4 is 15.7 Å². The molecule has 0 radical (unpaired) electrons. The highest BCUT2D eigenvalue weighted by Crippen LogP contribution is 2.46. The molecular weight excluding hydrogens is 556 g/mol. The number of pyridine rings is 1. The SMILES string of the molecule is O=c1[nH]c2nccc(Oc3ccc(NC4OC4c4cnn(-c5ccccc5)c4C(F)(F)F)cc3F)c2n1C1CCCC1. The van der Waals surface area contributed by atoms with Gasteiger partial charge in [0.2, 0.25) is 0 Å². The van der Waals surface area contributed by atoms with Gasteiger partial charge in [0.05, 0.1) is 11.9 Å². The summed E-state index contributed by atoms with van der Waals surface area (Å²) in [5, 5.41) is 6.88. The highest BCUT2D eigenvalue weighted by atomic mass is 19.4. The third kappa shape index (κ3) is 4.69. The Balaban J connectivity index is 1.11. The van der Waals surface area contributed by atoms with Gasteiger partial charge in [-0.3, -0.25) is 9.55 Å². The number of ether oxygens (including phenoxy) is 2. The van der Waals surface area contributed by atoms with E-state index in [9.17, 15) is 18.0 Å². The number of benzene rings is 2. The summed E-state index contributed by atoms with van der Waals surface area (Å²) in [6, 6.07) is 13.7. The molecule has 2 fully saturated rings. The predicted molar refractivity (Wildman–Crippen MR) is 144 cm³/mol. The molecule has 2 unspecified atom stereocenters. The lowest BCUT2D eigenvalue weighted by Crippen LogP contribution is -2.20. The van der Waals surface area contributed by atoms with Crippen LogP contribution in [0.3, 0.4) is 0 Å². The van der Waals surface area contributed by atoms with E-state index in [1.807, 2.05) is 0 Å². The van der Waals surface area contributed by atoms with Crippen LogP contribution in [0, 0.1) is 5.82 Å². The number of epoxide rings is 1. The van der Waals surface area contributed by atoms with Crippen molar-refractivity contribution in [1.82, 2.24) is 24.3 Å². The summed E-state index contributed by atoms with van der Waals surface area (Å²) in [5.41, 5.74) is 0.0530. The highest BCUT2D eigenvalue weighted by molar-refractivity contribution is 5.79.